The van der Waals surface area contributed by atoms with Crippen LogP contribution in [0.3, 0.4) is 0 Å². The van der Waals surface area contributed by atoms with Crippen LogP contribution >= 0.6 is 15.9 Å². The molecule has 0 unspecified atom stereocenters. The van der Waals surface area contributed by atoms with Crippen LogP contribution in [0.5, 0.6) is 0 Å². The molecule has 0 spiro atoms. The van der Waals surface area contributed by atoms with Gasteiger partial charge in [0.1, 0.15) is 5.78 Å². The van der Waals surface area contributed by atoms with Gasteiger partial charge in [-0.25, -0.2) is 0 Å². The monoisotopic (exact) mass is 329 g/mol. The zero-order valence-corrected chi connectivity index (χ0v) is 13.9. The van der Waals surface area contributed by atoms with E-state index in [0.29, 0.717) is 18.9 Å². The second-order valence-electron chi connectivity index (χ2n) is 4.95. The van der Waals surface area contributed by atoms with Crippen LogP contribution in [-0.2, 0) is 24.2 Å². The molecule has 0 saturated heterocycles. The summed E-state index contributed by atoms with van der Waals surface area (Å²) in [6.07, 6.45) is 1.91. The highest BCUT2D eigenvalue weighted by Crippen LogP contribution is 2.23. The van der Waals surface area contributed by atoms with Gasteiger partial charge in [-0.2, -0.15) is 5.10 Å². The van der Waals surface area contributed by atoms with Crippen LogP contribution in [0.2, 0.25) is 0 Å². The third-order valence-corrected chi connectivity index (χ3v) is 3.93. The zero-order valence-electron chi connectivity index (χ0n) is 12.3. The summed E-state index contributed by atoms with van der Waals surface area (Å²) in [4.78, 5) is 12.0. The van der Waals surface area contributed by atoms with E-state index in [2.05, 4.69) is 47.1 Å². The second kappa shape index (κ2) is 7.80. The maximum Gasteiger partial charge on any atom is 0.140 e. The Labute approximate surface area is 124 Å². The molecule has 0 aliphatic heterocycles. The van der Waals surface area contributed by atoms with Crippen LogP contribution in [0, 0.1) is 0 Å². The first-order valence-electron chi connectivity index (χ1n) is 6.98. The van der Waals surface area contributed by atoms with Crippen molar-refractivity contribution < 1.29 is 4.79 Å². The number of nitrogens with zero attached hydrogens (tertiary/aromatic N) is 2. The number of nitrogens with one attached hydrogen (secondary N) is 1. The molecule has 1 rings (SSSR count). The van der Waals surface area contributed by atoms with Gasteiger partial charge in [0, 0.05) is 32.0 Å². The zero-order chi connectivity index (χ0) is 14.4. The van der Waals surface area contributed by atoms with Crippen molar-refractivity contribution in [2.45, 2.75) is 59.5 Å². The molecular formula is C14H24BrN3O. The van der Waals surface area contributed by atoms with Crippen LogP contribution in [-0.4, -0.2) is 28.2 Å². The summed E-state index contributed by atoms with van der Waals surface area (Å²) < 4.78 is 2.93. The molecule has 0 fully saturated rings. The molecular weight excluding hydrogens is 306 g/mol. The highest BCUT2D eigenvalue weighted by Gasteiger charge is 2.16. The Bertz CT molecular complexity index is 427. The fraction of sp³-hybridized carbons (Fsp3) is 0.714. The van der Waals surface area contributed by atoms with Crippen molar-refractivity contribution >= 4 is 21.7 Å². The lowest BCUT2D eigenvalue weighted by Gasteiger charge is -2.08. The number of hydrogen-bond donors (Lipinski definition) is 1. The number of aromatic nitrogens is 2. The molecule has 0 aromatic carbocycles. The summed E-state index contributed by atoms with van der Waals surface area (Å²) in [5.74, 6) is 0.256. The van der Waals surface area contributed by atoms with Gasteiger partial charge in [-0.15, -0.1) is 0 Å². The fourth-order valence-electron chi connectivity index (χ4n) is 1.96. The number of halogens is 1. The van der Waals surface area contributed by atoms with E-state index in [1.807, 2.05) is 11.6 Å². The summed E-state index contributed by atoms with van der Waals surface area (Å²) in [6, 6.07) is 0.424. The van der Waals surface area contributed by atoms with E-state index in [-0.39, 0.29) is 5.78 Å². The molecule has 0 aliphatic rings. The largest absolute Gasteiger partial charge is 0.314 e. The van der Waals surface area contributed by atoms with E-state index in [1.54, 1.807) is 0 Å². The van der Waals surface area contributed by atoms with Crippen molar-refractivity contribution in [1.29, 1.82) is 0 Å². The molecule has 0 atom stereocenters. The normalized spacial score (nSPS) is 11.3. The quantitative estimate of drug-likeness (QED) is 0.797. The van der Waals surface area contributed by atoms with E-state index < -0.39 is 0 Å². The number of Topliss-reactive ketones (excluding diaryl/α,β-unsaturated/α-hetero) is 1. The molecule has 1 aromatic rings. The van der Waals surface area contributed by atoms with E-state index >= 15 is 0 Å². The standard InChI is InChI=1S/C14H24BrN3O/c1-5-12-14(15)13(18(6-2)17-12)9-11(19)7-8-16-10(3)4/h10,16H,5-9H2,1-4H3. The van der Waals surface area contributed by atoms with E-state index in [0.717, 1.165) is 35.4 Å². The van der Waals surface area contributed by atoms with Gasteiger partial charge >= 0.3 is 0 Å². The molecule has 108 valence electrons. The minimum absolute atomic E-state index is 0.256. The van der Waals surface area contributed by atoms with Gasteiger partial charge < -0.3 is 5.32 Å². The van der Waals surface area contributed by atoms with Gasteiger partial charge in [-0.3, -0.25) is 9.48 Å². The lowest BCUT2D eigenvalue weighted by atomic mass is 10.1. The highest BCUT2D eigenvalue weighted by molar-refractivity contribution is 9.10. The Balaban J connectivity index is 2.65. The average Bonchev–Trinajstić information content (AvgIpc) is 2.66. The predicted molar refractivity (Wildman–Crippen MR) is 81.4 cm³/mol. The van der Waals surface area contributed by atoms with Crippen molar-refractivity contribution in [1.82, 2.24) is 15.1 Å². The third kappa shape index (κ3) is 4.73. The molecule has 19 heavy (non-hydrogen) atoms. The Morgan fingerprint density at radius 1 is 1.42 bits per heavy atom. The molecule has 0 amide bonds. The molecule has 0 saturated carbocycles. The predicted octanol–water partition coefficient (Wildman–Crippen LogP) is 2.73. The number of aryl methyl sites for hydroxylation is 2. The van der Waals surface area contributed by atoms with Crippen LogP contribution in [0.15, 0.2) is 4.47 Å². The summed E-state index contributed by atoms with van der Waals surface area (Å²) in [6.45, 7) is 9.83. The number of carbonyl (C=O) groups excluding carboxylic acids is 1. The summed E-state index contributed by atoms with van der Waals surface area (Å²) in [5, 5.41) is 7.78. The van der Waals surface area contributed by atoms with Crippen molar-refractivity contribution in [2.24, 2.45) is 0 Å². The van der Waals surface area contributed by atoms with Crippen molar-refractivity contribution in [3.8, 4) is 0 Å². The topological polar surface area (TPSA) is 46.9 Å². The van der Waals surface area contributed by atoms with Gasteiger partial charge in [0.05, 0.1) is 15.9 Å². The Morgan fingerprint density at radius 3 is 2.63 bits per heavy atom. The maximum absolute atomic E-state index is 12.0. The molecule has 1 heterocycles. The third-order valence-electron chi connectivity index (χ3n) is 3.02. The molecule has 0 radical (unpaired) electrons. The highest BCUT2D eigenvalue weighted by atomic mass is 79.9. The number of ketones is 1. The first kappa shape index (κ1) is 16.4. The van der Waals surface area contributed by atoms with Gasteiger partial charge in [0.25, 0.3) is 0 Å². The maximum atomic E-state index is 12.0. The van der Waals surface area contributed by atoms with Crippen LogP contribution < -0.4 is 5.32 Å². The number of hydrogen-bond acceptors (Lipinski definition) is 3. The number of carbonyl (C=O) groups is 1. The molecule has 0 aliphatic carbocycles. The SMILES string of the molecule is CCc1nn(CC)c(CC(=O)CCNC(C)C)c1Br. The first-order chi connectivity index (χ1) is 8.99. The molecule has 4 nitrogen and oxygen atoms in total. The average molecular weight is 330 g/mol. The lowest BCUT2D eigenvalue weighted by molar-refractivity contribution is -0.118. The van der Waals surface area contributed by atoms with E-state index in [9.17, 15) is 4.79 Å². The van der Waals surface area contributed by atoms with Gasteiger partial charge in [-0.05, 0) is 29.3 Å². The van der Waals surface area contributed by atoms with Gasteiger partial charge in [0.15, 0.2) is 0 Å². The molecule has 1 N–H and O–H groups in total. The van der Waals surface area contributed by atoms with Crippen LogP contribution in [0.25, 0.3) is 0 Å². The molecule has 5 heteroatoms. The smallest absolute Gasteiger partial charge is 0.140 e. The van der Waals surface area contributed by atoms with E-state index in [1.165, 1.54) is 0 Å². The fourth-order valence-corrected chi connectivity index (χ4v) is 2.67. The lowest BCUT2D eigenvalue weighted by Crippen LogP contribution is -2.26. The van der Waals surface area contributed by atoms with Gasteiger partial charge in [0.2, 0.25) is 0 Å². The van der Waals surface area contributed by atoms with Gasteiger partial charge in [-0.1, -0.05) is 20.8 Å². The van der Waals surface area contributed by atoms with Crippen molar-refractivity contribution in [3.63, 3.8) is 0 Å². The Morgan fingerprint density at radius 2 is 2.11 bits per heavy atom. The molecule has 1 aromatic heterocycles. The van der Waals surface area contributed by atoms with Crippen molar-refractivity contribution in [3.05, 3.63) is 15.9 Å². The van der Waals surface area contributed by atoms with Crippen molar-refractivity contribution in [2.75, 3.05) is 6.54 Å². The minimum Gasteiger partial charge on any atom is -0.314 e. The second-order valence-corrected chi connectivity index (χ2v) is 5.74. The van der Waals surface area contributed by atoms with E-state index in [4.69, 9.17) is 0 Å². The van der Waals surface area contributed by atoms with Crippen LogP contribution in [0.1, 0.15) is 45.5 Å². The minimum atomic E-state index is 0.256. The summed E-state index contributed by atoms with van der Waals surface area (Å²) in [7, 11) is 0. The Kier molecular flexibility index (Phi) is 6.72. The molecule has 0 bridgehead atoms. The Hall–Kier alpha value is -0.680. The first-order valence-corrected chi connectivity index (χ1v) is 7.77. The van der Waals surface area contributed by atoms with Crippen LogP contribution in [0.4, 0.5) is 0 Å². The summed E-state index contributed by atoms with van der Waals surface area (Å²) >= 11 is 3.57. The number of rotatable bonds is 8. The summed E-state index contributed by atoms with van der Waals surface area (Å²) in [5.41, 5.74) is 2.04.